The second kappa shape index (κ2) is 6.00. The molecule has 1 aliphatic heterocycles. The minimum Gasteiger partial charge on any atom is -0.454 e. The van der Waals surface area contributed by atoms with Gasteiger partial charge in [-0.15, -0.1) is 0 Å². The van der Waals surface area contributed by atoms with Gasteiger partial charge in [0.2, 0.25) is 12.7 Å². The molecule has 24 heavy (non-hydrogen) atoms. The van der Waals surface area contributed by atoms with E-state index < -0.39 is 0 Å². The number of nitrogens with zero attached hydrogens (tertiary/aromatic N) is 4. The Bertz CT molecular complexity index is 927. The first-order valence-electron chi connectivity index (χ1n) is 7.16. The fourth-order valence-electron chi connectivity index (χ4n) is 2.36. The highest BCUT2D eigenvalue weighted by atomic mass is 32.2. The van der Waals surface area contributed by atoms with Crippen molar-refractivity contribution in [2.45, 2.75) is 5.03 Å². The number of anilines is 1. The molecule has 0 fully saturated rings. The Morgan fingerprint density at radius 1 is 1.33 bits per heavy atom. The van der Waals surface area contributed by atoms with E-state index in [9.17, 15) is 4.79 Å². The van der Waals surface area contributed by atoms with Gasteiger partial charge in [0.25, 0.3) is 0 Å². The summed E-state index contributed by atoms with van der Waals surface area (Å²) < 4.78 is 12.2. The van der Waals surface area contributed by atoms with Crippen LogP contribution in [0, 0.1) is 0 Å². The lowest BCUT2D eigenvalue weighted by molar-refractivity contribution is -0.113. The van der Waals surface area contributed by atoms with Crippen LogP contribution >= 0.6 is 11.8 Å². The van der Waals surface area contributed by atoms with Gasteiger partial charge in [0.1, 0.15) is 11.4 Å². The SMILES string of the molecule is Cn1ncc2c(SCC(=O)Nc3ccc4c(c3)OCO4)ncnc21. The molecule has 2 aromatic heterocycles. The molecular weight excluding hydrogens is 330 g/mol. The van der Waals surface area contributed by atoms with Gasteiger partial charge in [0.15, 0.2) is 17.1 Å². The number of thioether (sulfide) groups is 1. The molecule has 3 heterocycles. The summed E-state index contributed by atoms with van der Waals surface area (Å²) in [7, 11) is 1.82. The van der Waals surface area contributed by atoms with Crippen molar-refractivity contribution in [3.63, 3.8) is 0 Å². The first-order valence-corrected chi connectivity index (χ1v) is 8.14. The van der Waals surface area contributed by atoms with Crippen molar-refractivity contribution in [3.8, 4) is 11.5 Å². The molecule has 0 saturated carbocycles. The molecule has 0 aliphatic carbocycles. The van der Waals surface area contributed by atoms with E-state index in [1.54, 1.807) is 29.1 Å². The number of aryl methyl sites for hydroxylation is 1. The topological polar surface area (TPSA) is 91.2 Å². The standard InChI is InChI=1S/C15H13N5O3S/c1-20-14-10(5-18-20)15(17-7-16-14)24-6-13(21)19-9-2-3-11-12(4-9)23-8-22-11/h2-5,7H,6,8H2,1H3,(H,19,21). The highest BCUT2D eigenvalue weighted by molar-refractivity contribution is 8.00. The van der Waals surface area contributed by atoms with E-state index in [1.165, 1.54) is 18.1 Å². The largest absolute Gasteiger partial charge is 0.454 e. The number of hydrogen-bond acceptors (Lipinski definition) is 7. The second-order valence-corrected chi connectivity index (χ2v) is 6.05. The van der Waals surface area contributed by atoms with Gasteiger partial charge in [-0.05, 0) is 12.1 Å². The zero-order valence-electron chi connectivity index (χ0n) is 12.7. The third kappa shape index (κ3) is 2.73. The fourth-order valence-corrected chi connectivity index (χ4v) is 3.12. The number of benzene rings is 1. The Labute approximate surface area is 141 Å². The summed E-state index contributed by atoms with van der Waals surface area (Å²) in [5, 5.41) is 8.56. The monoisotopic (exact) mass is 343 g/mol. The van der Waals surface area contributed by atoms with Gasteiger partial charge in [-0.3, -0.25) is 9.48 Å². The van der Waals surface area contributed by atoms with Crippen LogP contribution in [0.1, 0.15) is 0 Å². The summed E-state index contributed by atoms with van der Waals surface area (Å²) >= 11 is 1.34. The van der Waals surface area contributed by atoms with E-state index in [-0.39, 0.29) is 18.5 Å². The molecule has 0 bridgehead atoms. The Hall–Kier alpha value is -2.81. The third-order valence-electron chi connectivity index (χ3n) is 3.49. The molecular formula is C15H13N5O3S. The van der Waals surface area contributed by atoms with Gasteiger partial charge < -0.3 is 14.8 Å². The average molecular weight is 343 g/mol. The highest BCUT2D eigenvalue weighted by Crippen LogP contribution is 2.34. The fraction of sp³-hybridized carbons (Fsp3) is 0.200. The van der Waals surface area contributed by atoms with Crippen LogP contribution in [0.25, 0.3) is 11.0 Å². The van der Waals surface area contributed by atoms with Crippen LogP contribution in [-0.4, -0.2) is 38.2 Å². The van der Waals surface area contributed by atoms with Crippen molar-refractivity contribution in [1.82, 2.24) is 19.7 Å². The zero-order chi connectivity index (χ0) is 16.5. The maximum atomic E-state index is 12.2. The van der Waals surface area contributed by atoms with E-state index in [0.29, 0.717) is 17.2 Å². The van der Waals surface area contributed by atoms with Crippen molar-refractivity contribution >= 4 is 34.4 Å². The number of carbonyl (C=O) groups excluding carboxylic acids is 1. The number of aromatic nitrogens is 4. The van der Waals surface area contributed by atoms with Crippen molar-refractivity contribution in [2.75, 3.05) is 17.9 Å². The van der Waals surface area contributed by atoms with Crippen molar-refractivity contribution < 1.29 is 14.3 Å². The van der Waals surface area contributed by atoms with E-state index in [0.717, 1.165) is 16.1 Å². The molecule has 1 N–H and O–H groups in total. The second-order valence-electron chi connectivity index (χ2n) is 5.09. The van der Waals surface area contributed by atoms with Crippen LogP contribution in [0.5, 0.6) is 11.5 Å². The highest BCUT2D eigenvalue weighted by Gasteiger charge is 2.15. The summed E-state index contributed by atoms with van der Waals surface area (Å²) in [6, 6.07) is 5.30. The Morgan fingerprint density at radius 3 is 3.12 bits per heavy atom. The van der Waals surface area contributed by atoms with Crippen LogP contribution in [0.15, 0.2) is 35.7 Å². The average Bonchev–Trinajstić information content (AvgIpc) is 3.20. The summed E-state index contributed by atoms with van der Waals surface area (Å²) in [4.78, 5) is 20.6. The van der Waals surface area contributed by atoms with Crippen LogP contribution < -0.4 is 14.8 Å². The van der Waals surface area contributed by atoms with Crippen LogP contribution in [0.3, 0.4) is 0 Å². The Kier molecular flexibility index (Phi) is 3.69. The van der Waals surface area contributed by atoms with E-state index >= 15 is 0 Å². The van der Waals surface area contributed by atoms with Crippen molar-refractivity contribution in [2.24, 2.45) is 7.05 Å². The number of rotatable bonds is 4. The van der Waals surface area contributed by atoms with E-state index in [1.807, 2.05) is 7.05 Å². The molecule has 9 heteroatoms. The molecule has 1 aromatic carbocycles. The number of amides is 1. The van der Waals surface area contributed by atoms with Crippen molar-refractivity contribution in [3.05, 3.63) is 30.7 Å². The molecule has 8 nitrogen and oxygen atoms in total. The Balaban J connectivity index is 1.43. The first-order chi connectivity index (χ1) is 11.7. The molecule has 0 radical (unpaired) electrons. The molecule has 1 aliphatic rings. The molecule has 0 saturated heterocycles. The number of carbonyl (C=O) groups is 1. The predicted molar refractivity (Wildman–Crippen MR) is 88.2 cm³/mol. The lowest BCUT2D eigenvalue weighted by Crippen LogP contribution is -2.14. The molecule has 122 valence electrons. The zero-order valence-corrected chi connectivity index (χ0v) is 13.5. The predicted octanol–water partition coefficient (Wildman–Crippen LogP) is 1.82. The minimum absolute atomic E-state index is 0.130. The number of hydrogen-bond donors (Lipinski definition) is 1. The Morgan fingerprint density at radius 2 is 2.21 bits per heavy atom. The number of ether oxygens (including phenoxy) is 2. The van der Waals surface area contributed by atoms with Gasteiger partial charge in [0.05, 0.1) is 17.3 Å². The van der Waals surface area contributed by atoms with Gasteiger partial charge in [-0.2, -0.15) is 5.10 Å². The van der Waals surface area contributed by atoms with Crippen LogP contribution in [-0.2, 0) is 11.8 Å². The molecule has 3 aromatic rings. The number of fused-ring (bicyclic) bond motifs is 2. The minimum atomic E-state index is -0.130. The van der Waals surface area contributed by atoms with Gasteiger partial charge >= 0.3 is 0 Å². The molecule has 0 spiro atoms. The van der Waals surface area contributed by atoms with E-state index in [4.69, 9.17) is 9.47 Å². The van der Waals surface area contributed by atoms with Gasteiger partial charge in [-0.25, -0.2) is 9.97 Å². The molecule has 1 amide bonds. The smallest absolute Gasteiger partial charge is 0.234 e. The van der Waals surface area contributed by atoms with Gasteiger partial charge in [-0.1, -0.05) is 11.8 Å². The molecule has 4 rings (SSSR count). The van der Waals surface area contributed by atoms with Crippen LogP contribution in [0.2, 0.25) is 0 Å². The quantitative estimate of drug-likeness (QED) is 0.571. The summed E-state index contributed by atoms with van der Waals surface area (Å²) in [5.41, 5.74) is 1.41. The lowest BCUT2D eigenvalue weighted by Gasteiger charge is -2.06. The third-order valence-corrected chi connectivity index (χ3v) is 4.49. The summed E-state index contributed by atoms with van der Waals surface area (Å²) in [6.45, 7) is 0.206. The first kappa shape index (κ1) is 14.8. The molecule has 0 unspecified atom stereocenters. The maximum absolute atomic E-state index is 12.2. The lowest BCUT2D eigenvalue weighted by atomic mass is 10.3. The maximum Gasteiger partial charge on any atom is 0.234 e. The summed E-state index contributed by atoms with van der Waals surface area (Å²) in [6.07, 6.45) is 3.18. The van der Waals surface area contributed by atoms with Crippen molar-refractivity contribution in [1.29, 1.82) is 0 Å². The van der Waals surface area contributed by atoms with Gasteiger partial charge in [0, 0.05) is 18.8 Å². The normalized spacial score (nSPS) is 12.5. The summed E-state index contributed by atoms with van der Waals surface area (Å²) in [5.74, 6) is 1.42. The van der Waals surface area contributed by atoms with Crippen LogP contribution in [0.4, 0.5) is 5.69 Å². The molecule has 0 atom stereocenters. The number of nitrogens with one attached hydrogen (secondary N) is 1. The van der Waals surface area contributed by atoms with E-state index in [2.05, 4.69) is 20.4 Å².